The summed E-state index contributed by atoms with van der Waals surface area (Å²) in [6.45, 7) is 7.49. The summed E-state index contributed by atoms with van der Waals surface area (Å²) in [4.78, 5) is 13.3. The molecule has 0 aliphatic rings. The molecule has 2 aromatic carbocycles. The zero-order chi connectivity index (χ0) is 15.2. The summed E-state index contributed by atoms with van der Waals surface area (Å²) < 4.78 is 0. The largest absolute Gasteiger partial charge is 0.324 e. The minimum atomic E-state index is 0.0720. The van der Waals surface area contributed by atoms with Gasteiger partial charge in [0.25, 0.3) is 0 Å². The van der Waals surface area contributed by atoms with E-state index in [0.29, 0.717) is 5.56 Å². The second-order valence-corrected chi connectivity index (χ2v) is 4.87. The highest BCUT2D eigenvalue weighted by Crippen LogP contribution is 2.20. The average Bonchev–Trinajstić information content (AvgIpc) is 2.53. The van der Waals surface area contributed by atoms with Gasteiger partial charge in [-0.3, -0.25) is 4.79 Å². The maximum absolute atomic E-state index is 11.3. The average molecular weight is 277 g/mol. The highest BCUT2D eigenvalue weighted by Gasteiger charge is 2.04. The molecule has 2 rings (SSSR count). The molecule has 0 aliphatic heterocycles. The molecule has 2 aromatic rings. The first-order valence-electron chi connectivity index (χ1n) is 6.87. The van der Waals surface area contributed by atoms with Crippen molar-refractivity contribution in [1.82, 2.24) is 0 Å². The lowest BCUT2D eigenvalue weighted by molar-refractivity contribution is 0.101. The van der Waals surface area contributed by atoms with Crippen LogP contribution < -0.4 is 4.90 Å². The predicted molar refractivity (Wildman–Crippen MR) is 89.2 cm³/mol. The van der Waals surface area contributed by atoms with Crippen molar-refractivity contribution in [2.24, 2.45) is 0 Å². The monoisotopic (exact) mass is 277 g/mol. The highest BCUT2D eigenvalue weighted by molar-refractivity contribution is 5.94. The molecule has 0 saturated carbocycles. The molecule has 0 fully saturated rings. The van der Waals surface area contributed by atoms with Gasteiger partial charge in [0.2, 0.25) is 0 Å². The molecule has 2 heteroatoms. The lowest BCUT2D eigenvalue weighted by atomic mass is 10.1. The smallest absolute Gasteiger partial charge is 0.159 e. The molecule has 0 radical (unpaired) electrons. The Hall–Kier alpha value is -2.61. The first kappa shape index (κ1) is 14.8. The Bertz CT molecular complexity index is 654. The molecule has 0 amide bonds. The Balaban J connectivity index is 2.27. The van der Waals surface area contributed by atoms with E-state index in [1.807, 2.05) is 53.6 Å². The predicted octanol–water partition coefficient (Wildman–Crippen LogP) is 4.90. The van der Waals surface area contributed by atoms with Crippen molar-refractivity contribution in [2.75, 3.05) is 4.90 Å². The summed E-state index contributed by atoms with van der Waals surface area (Å²) >= 11 is 0. The molecular weight excluding hydrogens is 258 g/mol. The topological polar surface area (TPSA) is 20.3 Å². The second kappa shape index (κ2) is 6.71. The summed E-state index contributed by atoms with van der Waals surface area (Å²) in [6, 6.07) is 17.7. The van der Waals surface area contributed by atoms with Crippen LogP contribution in [0.4, 0.5) is 5.69 Å². The van der Waals surface area contributed by atoms with E-state index in [4.69, 9.17) is 0 Å². The van der Waals surface area contributed by atoms with Gasteiger partial charge in [0.1, 0.15) is 0 Å². The standard InChI is InChI=1S/C19H19NO/c1-4-20(14-15(2)17-8-6-5-7-9-17)19-12-10-18(11-13-19)16(3)21/h4-14H,1H2,2-3H3/b15-14+. The van der Waals surface area contributed by atoms with E-state index < -0.39 is 0 Å². The van der Waals surface area contributed by atoms with Gasteiger partial charge in [-0.25, -0.2) is 0 Å². The Morgan fingerprint density at radius 3 is 2.10 bits per heavy atom. The van der Waals surface area contributed by atoms with Crippen molar-refractivity contribution in [1.29, 1.82) is 0 Å². The number of allylic oxidation sites excluding steroid dienone is 1. The van der Waals surface area contributed by atoms with Crippen LogP contribution in [0.3, 0.4) is 0 Å². The quantitative estimate of drug-likeness (QED) is 0.724. The summed E-state index contributed by atoms with van der Waals surface area (Å²) in [5.41, 5.74) is 4.01. The number of ketones is 1. The van der Waals surface area contributed by atoms with Gasteiger partial charge in [0, 0.05) is 23.7 Å². The molecule has 0 N–H and O–H groups in total. The van der Waals surface area contributed by atoms with Crippen molar-refractivity contribution in [3.8, 4) is 0 Å². The van der Waals surface area contributed by atoms with Crippen LogP contribution >= 0.6 is 0 Å². The van der Waals surface area contributed by atoms with Crippen molar-refractivity contribution < 1.29 is 4.79 Å². The number of carbonyl (C=O) groups excluding carboxylic acids is 1. The van der Waals surface area contributed by atoms with E-state index in [1.54, 1.807) is 13.1 Å². The van der Waals surface area contributed by atoms with E-state index in [9.17, 15) is 4.79 Å². The molecule has 0 aliphatic carbocycles. The maximum atomic E-state index is 11.3. The molecule has 106 valence electrons. The summed E-state index contributed by atoms with van der Waals surface area (Å²) in [7, 11) is 0. The van der Waals surface area contributed by atoms with Crippen LogP contribution in [0.25, 0.3) is 5.57 Å². The SMILES string of the molecule is C=CN(/C=C(\C)c1ccccc1)c1ccc(C(C)=O)cc1. The van der Waals surface area contributed by atoms with E-state index in [-0.39, 0.29) is 5.78 Å². The van der Waals surface area contributed by atoms with Gasteiger partial charge in [0.05, 0.1) is 0 Å². The van der Waals surface area contributed by atoms with Gasteiger partial charge in [0.15, 0.2) is 5.78 Å². The normalized spacial score (nSPS) is 11.0. The van der Waals surface area contributed by atoms with E-state index in [2.05, 4.69) is 25.6 Å². The lowest BCUT2D eigenvalue weighted by Crippen LogP contribution is -2.07. The van der Waals surface area contributed by atoms with Crippen molar-refractivity contribution in [2.45, 2.75) is 13.8 Å². The van der Waals surface area contributed by atoms with E-state index >= 15 is 0 Å². The Morgan fingerprint density at radius 2 is 1.57 bits per heavy atom. The molecule has 0 heterocycles. The van der Waals surface area contributed by atoms with Gasteiger partial charge in [-0.2, -0.15) is 0 Å². The van der Waals surface area contributed by atoms with Crippen molar-refractivity contribution in [3.05, 3.63) is 84.7 Å². The third-order valence-electron chi connectivity index (χ3n) is 3.33. The lowest BCUT2D eigenvalue weighted by Gasteiger charge is -2.17. The van der Waals surface area contributed by atoms with Crippen molar-refractivity contribution in [3.63, 3.8) is 0 Å². The van der Waals surface area contributed by atoms with Gasteiger partial charge in [-0.1, -0.05) is 36.9 Å². The minimum absolute atomic E-state index is 0.0720. The second-order valence-electron chi connectivity index (χ2n) is 4.87. The number of rotatable bonds is 5. The molecule has 0 spiro atoms. The fraction of sp³-hybridized carbons (Fsp3) is 0.105. The third-order valence-corrected chi connectivity index (χ3v) is 3.33. The molecule has 0 saturated heterocycles. The fourth-order valence-corrected chi connectivity index (χ4v) is 2.09. The van der Waals surface area contributed by atoms with Gasteiger partial charge < -0.3 is 4.90 Å². The summed E-state index contributed by atoms with van der Waals surface area (Å²) in [5.74, 6) is 0.0720. The molecule has 0 aromatic heterocycles. The van der Waals surface area contributed by atoms with Crippen LogP contribution in [0.5, 0.6) is 0 Å². The van der Waals surface area contributed by atoms with Crippen LogP contribution in [-0.2, 0) is 0 Å². The number of hydrogen-bond acceptors (Lipinski definition) is 2. The Labute approximate surface area is 126 Å². The third kappa shape index (κ3) is 3.69. The summed E-state index contributed by atoms with van der Waals surface area (Å²) in [6.07, 6.45) is 3.79. The summed E-state index contributed by atoms with van der Waals surface area (Å²) in [5, 5.41) is 0. The number of Topliss-reactive ketones (excluding diaryl/α,β-unsaturated/α-hetero) is 1. The van der Waals surface area contributed by atoms with Gasteiger partial charge in [-0.05, 0) is 49.2 Å². The maximum Gasteiger partial charge on any atom is 0.159 e. The number of anilines is 1. The molecule has 2 nitrogen and oxygen atoms in total. The van der Waals surface area contributed by atoms with Crippen LogP contribution in [0.1, 0.15) is 29.8 Å². The molecule has 0 unspecified atom stereocenters. The van der Waals surface area contributed by atoms with E-state index in [1.165, 1.54) is 5.56 Å². The van der Waals surface area contributed by atoms with Crippen molar-refractivity contribution >= 4 is 17.0 Å². The first-order valence-corrected chi connectivity index (χ1v) is 6.87. The first-order chi connectivity index (χ1) is 10.1. The molecule has 21 heavy (non-hydrogen) atoms. The van der Waals surface area contributed by atoms with Gasteiger partial charge in [-0.15, -0.1) is 0 Å². The zero-order valence-electron chi connectivity index (χ0n) is 12.4. The van der Waals surface area contributed by atoms with Crippen LogP contribution in [0, 0.1) is 0 Å². The molecule has 0 atom stereocenters. The Morgan fingerprint density at radius 1 is 0.952 bits per heavy atom. The molecule has 0 bridgehead atoms. The van der Waals surface area contributed by atoms with Gasteiger partial charge >= 0.3 is 0 Å². The molecular formula is C19H19NO. The van der Waals surface area contributed by atoms with E-state index in [0.717, 1.165) is 11.3 Å². The highest BCUT2D eigenvalue weighted by atomic mass is 16.1. The number of hydrogen-bond donors (Lipinski definition) is 0. The fourth-order valence-electron chi connectivity index (χ4n) is 2.09. The van der Waals surface area contributed by atoms with Crippen LogP contribution in [-0.4, -0.2) is 5.78 Å². The van der Waals surface area contributed by atoms with Crippen LogP contribution in [0.15, 0.2) is 73.6 Å². The van der Waals surface area contributed by atoms with Crippen LogP contribution in [0.2, 0.25) is 0 Å². The number of benzene rings is 2. The number of carbonyl (C=O) groups is 1. The Kier molecular flexibility index (Phi) is 4.72. The minimum Gasteiger partial charge on any atom is -0.324 e. The zero-order valence-corrected chi connectivity index (χ0v) is 12.4. The number of nitrogens with zero attached hydrogens (tertiary/aromatic N) is 1.